The number of ether oxygens (including phenoxy) is 2. The lowest BCUT2D eigenvalue weighted by molar-refractivity contribution is 0.0900. The summed E-state index contributed by atoms with van der Waals surface area (Å²) in [6.07, 6.45) is 1.80. The Labute approximate surface area is 102 Å². The predicted molar refractivity (Wildman–Crippen MR) is 65.5 cm³/mol. The maximum absolute atomic E-state index is 12.1. The van der Waals surface area contributed by atoms with Gasteiger partial charge in [0.1, 0.15) is 5.75 Å². The van der Waals surface area contributed by atoms with Gasteiger partial charge in [-0.3, -0.25) is 4.79 Å². The topological polar surface area (TPSA) is 35.5 Å². The molecule has 3 heteroatoms. The molecule has 1 fully saturated rings. The first-order valence-corrected chi connectivity index (χ1v) is 6.16. The van der Waals surface area contributed by atoms with Gasteiger partial charge in [-0.05, 0) is 25.0 Å². The molecule has 0 aromatic heterocycles. The zero-order chi connectivity index (χ0) is 12.1. The molecular formula is C14H18O3. The van der Waals surface area contributed by atoms with Crippen molar-refractivity contribution in [2.75, 3.05) is 19.8 Å². The normalized spacial score (nSPS) is 19.2. The average molecular weight is 234 g/mol. The molecule has 3 nitrogen and oxygen atoms in total. The molecular weight excluding hydrogens is 216 g/mol. The summed E-state index contributed by atoms with van der Waals surface area (Å²) in [4.78, 5) is 12.1. The van der Waals surface area contributed by atoms with Crippen LogP contribution in [0.3, 0.4) is 0 Å². The van der Waals surface area contributed by atoms with Crippen LogP contribution in [0.2, 0.25) is 0 Å². The van der Waals surface area contributed by atoms with Gasteiger partial charge in [-0.1, -0.05) is 19.1 Å². The molecule has 1 heterocycles. The Bertz CT molecular complexity index is 381. The van der Waals surface area contributed by atoms with E-state index < -0.39 is 0 Å². The molecule has 0 aliphatic carbocycles. The minimum Gasteiger partial charge on any atom is -0.494 e. The third kappa shape index (κ3) is 3.07. The van der Waals surface area contributed by atoms with Crippen LogP contribution in [0.4, 0.5) is 0 Å². The molecule has 1 aliphatic rings. The molecule has 0 radical (unpaired) electrons. The third-order valence-corrected chi connectivity index (χ3v) is 2.89. The van der Waals surface area contributed by atoms with E-state index in [0.29, 0.717) is 19.8 Å². The molecule has 0 amide bonds. The van der Waals surface area contributed by atoms with Crippen molar-refractivity contribution in [1.82, 2.24) is 0 Å². The van der Waals surface area contributed by atoms with Crippen molar-refractivity contribution in [2.24, 2.45) is 5.92 Å². The second-order valence-electron chi connectivity index (χ2n) is 4.30. The molecule has 92 valence electrons. The molecule has 1 aromatic rings. The van der Waals surface area contributed by atoms with Gasteiger partial charge in [0.25, 0.3) is 0 Å². The fourth-order valence-electron chi connectivity index (χ4n) is 1.94. The van der Waals surface area contributed by atoms with Crippen molar-refractivity contribution in [3.05, 3.63) is 29.8 Å². The van der Waals surface area contributed by atoms with Gasteiger partial charge in [0.2, 0.25) is 0 Å². The smallest absolute Gasteiger partial charge is 0.168 e. The quantitative estimate of drug-likeness (QED) is 0.735. The first kappa shape index (κ1) is 12.1. The number of carbonyl (C=O) groups excluding carboxylic acids is 1. The van der Waals surface area contributed by atoms with Crippen LogP contribution in [0.15, 0.2) is 24.3 Å². The van der Waals surface area contributed by atoms with E-state index in [1.807, 2.05) is 24.3 Å². The molecule has 17 heavy (non-hydrogen) atoms. The zero-order valence-corrected chi connectivity index (χ0v) is 10.1. The Morgan fingerprint density at radius 2 is 2.41 bits per heavy atom. The second-order valence-corrected chi connectivity index (χ2v) is 4.30. The van der Waals surface area contributed by atoms with E-state index in [0.717, 1.165) is 24.2 Å². The molecule has 0 saturated carbocycles. The Morgan fingerprint density at radius 3 is 3.12 bits per heavy atom. The van der Waals surface area contributed by atoms with Gasteiger partial charge in [-0.25, -0.2) is 0 Å². The van der Waals surface area contributed by atoms with Crippen molar-refractivity contribution in [2.45, 2.75) is 19.8 Å². The number of carbonyl (C=O) groups is 1. The number of hydrogen-bond acceptors (Lipinski definition) is 3. The van der Waals surface area contributed by atoms with E-state index in [-0.39, 0.29) is 11.7 Å². The molecule has 1 unspecified atom stereocenters. The number of hydrogen-bond donors (Lipinski definition) is 0. The number of Topliss-reactive ketones (excluding diaryl/α,β-unsaturated/α-hetero) is 1. The van der Waals surface area contributed by atoms with Crippen molar-refractivity contribution in [3.8, 4) is 5.75 Å². The van der Waals surface area contributed by atoms with Crippen LogP contribution < -0.4 is 4.74 Å². The minimum atomic E-state index is 0.0245. The Hall–Kier alpha value is -1.35. The molecule has 2 rings (SSSR count). The maximum atomic E-state index is 12.1. The van der Waals surface area contributed by atoms with E-state index in [9.17, 15) is 4.79 Å². The Kier molecular flexibility index (Phi) is 4.15. The van der Waals surface area contributed by atoms with Gasteiger partial charge in [0.05, 0.1) is 13.2 Å². The van der Waals surface area contributed by atoms with Crippen molar-refractivity contribution in [1.29, 1.82) is 0 Å². The van der Waals surface area contributed by atoms with Gasteiger partial charge in [0, 0.05) is 18.1 Å². The van der Waals surface area contributed by atoms with Crippen molar-refractivity contribution in [3.63, 3.8) is 0 Å². The zero-order valence-electron chi connectivity index (χ0n) is 10.1. The summed E-state index contributed by atoms with van der Waals surface area (Å²) in [5.74, 6) is 0.970. The van der Waals surface area contributed by atoms with E-state index in [4.69, 9.17) is 9.47 Å². The van der Waals surface area contributed by atoms with Gasteiger partial charge in [-0.15, -0.1) is 0 Å². The average Bonchev–Trinajstić information content (AvgIpc) is 2.89. The van der Waals surface area contributed by atoms with Crippen LogP contribution >= 0.6 is 0 Å². The number of benzene rings is 1. The summed E-state index contributed by atoms with van der Waals surface area (Å²) >= 11 is 0. The first-order chi connectivity index (χ1) is 8.31. The lowest BCUT2D eigenvalue weighted by atomic mass is 9.97. The van der Waals surface area contributed by atoms with Crippen molar-refractivity contribution < 1.29 is 14.3 Å². The lowest BCUT2D eigenvalue weighted by Gasteiger charge is -2.09. The van der Waals surface area contributed by atoms with Crippen LogP contribution in [0.5, 0.6) is 5.75 Å². The monoisotopic (exact) mass is 234 g/mol. The van der Waals surface area contributed by atoms with Crippen LogP contribution in [-0.2, 0) is 4.74 Å². The summed E-state index contributed by atoms with van der Waals surface area (Å²) in [5.41, 5.74) is 0.731. The molecule has 1 saturated heterocycles. The Morgan fingerprint density at radius 1 is 1.53 bits per heavy atom. The summed E-state index contributed by atoms with van der Waals surface area (Å²) in [5, 5.41) is 0. The van der Waals surface area contributed by atoms with Gasteiger partial charge in [-0.2, -0.15) is 0 Å². The predicted octanol–water partition coefficient (Wildman–Crippen LogP) is 2.69. The fourth-order valence-corrected chi connectivity index (χ4v) is 1.94. The summed E-state index contributed by atoms with van der Waals surface area (Å²) in [6, 6.07) is 7.43. The number of rotatable bonds is 5. The Balaban J connectivity index is 2.06. The number of ketones is 1. The summed E-state index contributed by atoms with van der Waals surface area (Å²) in [6.45, 7) is 4.00. The summed E-state index contributed by atoms with van der Waals surface area (Å²) < 4.78 is 10.8. The fraction of sp³-hybridized carbons (Fsp3) is 0.500. The standard InChI is InChI=1S/C14H18O3/c1-2-7-17-13-5-3-4-11(9-13)14(15)12-6-8-16-10-12/h3-5,9,12H,2,6-8,10H2,1H3. The maximum Gasteiger partial charge on any atom is 0.168 e. The molecule has 0 spiro atoms. The summed E-state index contributed by atoms with van der Waals surface area (Å²) in [7, 11) is 0. The van der Waals surface area contributed by atoms with Crippen LogP contribution in [0.1, 0.15) is 30.1 Å². The minimum absolute atomic E-state index is 0.0245. The lowest BCUT2D eigenvalue weighted by Crippen LogP contribution is -2.14. The SMILES string of the molecule is CCCOc1cccc(C(=O)C2CCOC2)c1. The highest BCUT2D eigenvalue weighted by molar-refractivity contribution is 5.98. The van der Waals surface area contributed by atoms with E-state index in [1.165, 1.54) is 0 Å². The molecule has 1 aliphatic heterocycles. The van der Waals surface area contributed by atoms with E-state index >= 15 is 0 Å². The highest BCUT2D eigenvalue weighted by atomic mass is 16.5. The molecule has 0 bridgehead atoms. The van der Waals surface area contributed by atoms with Gasteiger partial charge < -0.3 is 9.47 Å². The highest BCUT2D eigenvalue weighted by Gasteiger charge is 2.24. The molecule has 1 atom stereocenters. The van der Waals surface area contributed by atoms with E-state index in [2.05, 4.69) is 6.92 Å². The van der Waals surface area contributed by atoms with Crippen LogP contribution in [-0.4, -0.2) is 25.6 Å². The first-order valence-electron chi connectivity index (χ1n) is 6.16. The van der Waals surface area contributed by atoms with Gasteiger partial charge in [0.15, 0.2) is 5.78 Å². The largest absolute Gasteiger partial charge is 0.494 e. The third-order valence-electron chi connectivity index (χ3n) is 2.89. The van der Waals surface area contributed by atoms with Crippen molar-refractivity contribution >= 4 is 5.78 Å². The van der Waals surface area contributed by atoms with Gasteiger partial charge >= 0.3 is 0 Å². The molecule has 1 aromatic carbocycles. The molecule has 0 N–H and O–H groups in total. The van der Waals surface area contributed by atoms with Crippen LogP contribution in [0.25, 0.3) is 0 Å². The highest BCUT2D eigenvalue weighted by Crippen LogP contribution is 2.21. The van der Waals surface area contributed by atoms with E-state index in [1.54, 1.807) is 0 Å². The van der Waals surface area contributed by atoms with Crippen LogP contribution in [0, 0.1) is 5.92 Å². The second kappa shape index (κ2) is 5.82.